The van der Waals surface area contributed by atoms with Gasteiger partial charge in [-0.05, 0) is 49.5 Å². The van der Waals surface area contributed by atoms with E-state index in [0.717, 1.165) is 48.8 Å². The second-order valence-electron chi connectivity index (χ2n) is 7.56. The van der Waals surface area contributed by atoms with Crippen LogP contribution in [0.3, 0.4) is 0 Å². The summed E-state index contributed by atoms with van der Waals surface area (Å²) in [6.07, 6.45) is 6.98. The van der Waals surface area contributed by atoms with Gasteiger partial charge in [-0.15, -0.1) is 0 Å². The largest absolute Gasteiger partial charge is 0.383 e. The number of nitrogen functional groups attached to an aromatic ring is 1. The van der Waals surface area contributed by atoms with Crippen LogP contribution in [0, 0.1) is 11.6 Å². The van der Waals surface area contributed by atoms with Crippen LogP contribution in [0.15, 0.2) is 42.9 Å². The number of piperidine rings is 1. The molecule has 6 nitrogen and oxygen atoms in total. The molecular weight excluding hydrogens is 386 g/mol. The maximum atomic E-state index is 14.0. The fourth-order valence-electron chi connectivity index (χ4n) is 4.10. The predicted octanol–water partition coefficient (Wildman–Crippen LogP) is 4.01. The van der Waals surface area contributed by atoms with Crippen LogP contribution in [0.5, 0.6) is 0 Å². The van der Waals surface area contributed by atoms with Gasteiger partial charge in [0.25, 0.3) is 0 Å². The van der Waals surface area contributed by atoms with E-state index in [1.807, 2.05) is 6.07 Å². The molecule has 4 aromatic rings. The van der Waals surface area contributed by atoms with Crippen LogP contribution in [0.25, 0.3) is 33.2 Å². The number of hydrogen-bond donors (Lipinski definition) is 3. The van der Waals surface area contributed by atoms with Crippen molar-refractivity contribution in [1.82, 2.24) is 25.5 Å². The molecule has 0 atom stereocenters. The van der Waals surface area contributed by atoms with Crippen molar-refractivity contribution in [1.29, 1.82) is 0 Å². The highest BCUT2D eigenvalue weighted by Crippen LogP contribution is 2.35. The molecule has 1 saturated heterocycles. The third kappa shape index (κ3) is 3.29. The Bertz CT molecular complexity index is 1230. The summed E-state index contributed by atoms with van der Waals surface area (Å²) in [7, 11) is 0. The molecule has 0 radical (unpaired) electrons. The SMILES string of the molecule is Nc1ncc(-c2cn[nH]c2C2CCNCC2)cc1-c1cc2cc(F)cc(F)c2cn1. The third-order valence-corrected chi connectivity index (χ3v) is 5.67. The fourth-order valence-corrected chi connectivity index (χ4v) is 4.10. The van der Waals surface area contributed by atoms with E-state index in [9.17, 15) is 8.78 Å². The maximum Gasteiger partial charge on any atom is 0.135 e. The number of pyridine rings is 2. The maximum absolute atomic E-state index is 14.0. The molecule has 5 rings (SSSR count). The van der Waals surface area contributed by atoms with Crippen LogP contribution in [0.4, 0.5) is 14.6 Å². The molecule has 0 saturated carbocycles. The number of anilines is 1. The van der Waals surface area contributed by atoms with Gasteiger partial charge in [0, 0.05) is 52.1 Å². The molecule has 0 spiro atoms. The Morgan fingerprint density at radius 2 is 1.77 bits per heavy atom. The molecule has 0 bridgehead atoms. The van der Waals surface area contributed by atoms with Crippen molar-refractivity contribution in [3.8, 4) is 22.4 Å². The molecule has 0 aliphatic carbocycles. The van der Waals surface area contributed by atoms with Gasteiger partial charge in [0.2, 0.25) is 0 Å². The molecule has 1 aliphatic rings. The molecule has 0 unspecified atom stereocenters. The van der Waals surface area contributed by atoms with Crippen molar-refractivity contribution in [2.45, 2.75) is 18.8 Å². The lowest BCUT2D eigenvalue weighted by molar-refractivity contribution is 0.453. The Hall–Kier alpha value is -3.39. The van der Waals surface area contributed by atoms with E-state index < -0.39 is 11.6 Å². The summed E-state index contributed by atoms with van der Waals surface area (Å²) in [5.74, 6) is -0.584. The van der Waals surface area contributed by atoms with Gasteiger partial charge in [-0.25, -0.2) is 13.8 Å². The van der Waals surface area contributed by atoms with E-state index in [-0.39, 0.29) is 5.39 Å². The minimum atomic E-state index is -0.645. The fraction of sp³-hybridized carbons (Fsp3) is 0.227. The summed E-state index contributed by atoms with van der Waals surface area (Å²) in [5, 5.41) is 11.4. The number of fused-ring (bicyclic) bond motifs is 1. The van der Waals surface area contributed by atoms with Crippen LogP contribution < -0.4 is 11.1 Å². The Labute approximate surface area is 171 Å². The first-order valence-corrected chi connectivity index (χ1v) is 9.85. The zero-order valence-electron chi connectivity index (χ0n) is 16.1. The number of nitrogens with zero attached hydrogens (tertiary/aromatic N) is 3. The molecule has 1 fully saturated rings. The number of hydrogen-bond acceptors (Lipinski definition) is 5. The predicted molar refractivity (Wildman–Crippen MR) is 112 cm³/mol. The summed E-state index contributed by atoms with van der Waals surface area (Å²) < 4.78 is 27.7. The topological polar surface area (TPSA) is 92.5 Å². The number of aromatic nitrogens is 4. The van der Waals surface area contributed by atoms with Crippen molar-refractivity contribution in [2.24, 2.45) is 0 Å². The Morgan fingerprint density at radius 1 is 0.933 bits per heavy atom. The Morgan fingerprint density at radius 3 is 2.60 bits per heavy atom. The summed E-state index contributed by atoms with van der Waals surface area (Å²) >= 11 is 0. The first-order valence-electron chi connectivity index (χ1n) is 9.85. The highest BCUT2D eigenvalue weighted by molar-refractivity contribution is 5.88. The molecular formula is C22H20F2N6. The number of rotatable bonds is 3. The van der Waals surface area contributed by atoms with Gasteiger partial charge < -0.3 is 11.1 Å². The van der Waals surface area contributed by atoms with Gasteiger partial charge in [-0.2, -0.15) is 5.10 Å². The smallest absolute Gasteiger partial charge is 0.135 e. The van der Waals surface area contributed by atoms with E-state index in [2.05, 4.69) is 25.5 Å². The third-order valence-electron chi connectivity index (χ3n) is 5.67. The van der Waals surface area contributed by atoms with Gasteiger partial charge in [0.15, 0.2) is 0 Å². The quantitative estimate of drug-likeness (QED) is 0.478. The summed E-state index contributed by atoms with van der Waals surface area (Å²) in [5.41, 5.74) is 10.2. The average molecular weight is 406 g/mol. The van der Waals surface area contributed by atoms with Crippen molar-refractivity contribution >= 4 is 16.6 Å². The number of benzene rings is 1. The summed E-state index contributed by atoms with van der Waals surface area (Å²) in [6.45, 7) is 1.95. The minimum absolute atomic E-state index is 0.255. The average Bonchev–Trinajstić information content (AvgIpc) is 3.24. The Kier molecular flexibility index (Phi) is 4.63. The molecule has 152 valence electrons. The van der Waals surface area contributed by atoms with Gasteiger partial charge in [0.1, 0.15) is 17.5 Å². The van der Waals surface area contributed by atoms with Crippen LogP contribution in [0.2, 0.25) is 0 Å². The number of halogens is 2. The molecule has 8 heteroatoms. The van der Waals surface area contributed by atoms with Gasteiger partial charge in [-0.3, -0.25) is 10.1 Å². The zero-order valence-corrected chi connectivity index (χ0v) is 16.1. The number of nitrogens with one attached hydrogen (secondary N) is 2. The van der Waals surface area contributed by atoms with Crippen molar-refractivity contribution < 1.29 is 8.78 Å². The molecule has 1 aromatic carbocycles. The van der Waals surface area contributed by atoms with Crippen molar-refractivity contribution in [3.63, 3.8) is 0 Å². The highest BCUT2D eigenvalue weighted by atomic mass is 19.1. The zero-order chi connectivity index (χ0) is 20.7. The molecule has 3 aromatic heterocycles. The van der Waals surface area contributed by atoms with Crippen LogP contribution >= 0.6 is 0 Å². The summed E-state index contributed by atoms with van der Waals surface area (Å²) in [6, 6.07) is 5.66. The number of H-pyrrole nitrogens is 1. The van der Waals surface area contributed by atoms with Crippen LogP contribution in [-0.4, -0.2) is 33.3 Å². The molecule has 1 aliphatic heterocycles. The van der Waals surface area contributed by atoms with E-state index in [4.69, 9.17) is 5.73 Å². The van der Waals surface area contributed by atoms with Crippen molar-refractivity contribution in [2.75, 3.05) is 18.8 Å². The number of aromatic amines is 1. The lowest BCUT2D eigenvalue weighted by Crippen LogP contribution is -2.27. The monoisotopic (exact) mass is 406 g/mol. The van der Waals surface area contributed by atoms with Crippen LogP contribution in [-0.2, 0) is 0 Å². The van der Waals surface area contributed by atoms with E-state index in [0.29, 0.717) is 28.4 Å². The molecule has 4 heterocycles. The van der Waals surface area contributed by atoms with Gasteiger partial charge >= 0.3 is 0 Å². The second-order valence-corrected chi connectivity index (χ2v) is 7.56. The van der Waals surface area contributed by atoms with E-state index in [1.165, 1.54) is 12.3 Å². The molecule has 4 N–H and O–H groups in total. The lowest BCUT2D eigenvalue weighted by atomic mass is 9.90. The lowest BCUT2D eigenvalue weighted by Gasteiger charge is -2.22. The van der Waals surface area contributed by atoms with E-state index in [1.54, 1.807) is 18.5 Å². The minimum Gasteiger partial charge on any atom is -0.383 e. The summed E-state index contributed by atoms with van der Waals surface area (Å²) in [4.78, 5) is 8.70. The highest BCUT2D eigenvalue weighted by Gasteiger charge is 2.21. The second kappa shape index (κ2) is 7.46. The normalized spacial score (nSPS) is 15.0. The standard InChI is InChI=1S/C22H20F2N6/c23-15-5-13-7-20(27-10-17(13)19(24)8-15)16-6-14(9-28-22(16)25)18-11-29-30-21(18)12-1-3-26-4-2-12/h5-12,26H,1-4H2,(H2,25,28)(H,29,30). The van der Waals surface area contributed by atoms with Crippen molar-refractivity contribution in [3.05, 3.63) is 60.2 Å². The first-order chi connectivity index (χ1) is 14.6. The number of nitrogens with two attached hydrogens (primary N) is 1. The molecule has 30 heavy (non-hydrogen) atoms. The van der Waals surface area contributed by atoms with E-state index >= 15 is 0 Å². The van der Waals surface area contributed by atoms with Gasteiger partial charge in [0.05, 0.1) is 11.9 Å². The Balaban J connectivity index is 1.58. The molecule has 0 amide bonds. The first kappa shape index (κ1) is 18.6. The van der Waals surface area contributed by atoms with Crippen LogP contribution in [0.1, 0.15) is 24.5 Å². The van der Waals surface area contributed by atoms with Gasteiger partial charge in [-0.1, -0.05) is 0 Å².